The average molecular weight is 283 g/mol. The molecule has 0 aliphatic heterocycles. The quantitative estimate of drug-likeness (QED) is 0.849. The Morgan fingerprint density at radius 3 is 2.57 bits per heavy atom. The van der Waals surface area contributed by atoms with Crippen molar-refractivity contribution in [2.24, 2.45) is 0 Å². The number of rotatable bonds is 6. The summed E-state index contributed by atoms with van der Waals surface area (Å²) in [5, 5.41) is 13.2. The Hall–Kier alpha value is -2.00. The minimum atomic E-state index is -0.113. The van der Waals surface area contributed by atoms with Crippen molar-refractivity contribution in [2.45, 2.75) is 24.8 Å². The summed E-state index contributed by atoms with van der Waals surface area (Å²) in [6.45, 7) is 0.0573. The third-order valence-corrected chi connectivity index (χ3v) is 4.01. The number of para-hydroxylation sites is 2. The summed E-state index contributed by atoms with van der Waals surface area (Å²) in [4.78, 5) is 0. The van der Waals surface area contributed by atoms with Crippen LogP contribution in [0.4, 0.5) is 5.69 Å². The van der Waals surface area contributed by atoms with E-state index in [2.05, 4.69) is 23.5 Å². The summed E-state index contributed by atoms with van der Waals surface area (Å²) < 4.78 is 5.37. The molecule has 0 radical (unpaired) electrons. The lowest BCUT2D eigenvalue weighted by Gasteiger charge is -2.22. The normalized spacial score (nSPS) is 15.5. The van der Waals surface area contributed by atoms with Gasteiger partial charge in [0.05, 0.1) is 25.4 Å². The molecule has 2 N–H and O–H groups in total. The summed E-state index contributed by atoms with van der Waals surface area (Å²) in [6, 6.07) is 16.1. The van der Waals surface area contributed by atoms with Crippen molar-refractivity contribution in [1.29, 1.82) is 0 Å². The average Bonchev–Trinajstić information content (AvgIpc) is 3.38. The van der Waals surface area contributed by atoms with Gasteiger partial charge in [-0.2, -0.15) is 0 Å². The molecule has 0 spiro atoms. The molecule has 3 nitrogen and oxygen atoms in total. The van der Waals surface area contributed by atoms with Crippen molar-refractivity contribution in [3.05, 3.63) is 59.7 Å². The minimum Gasteiger partial charge on any atom is -0.495 e. The van der Waals surface area contributed by atoms with Gasteiger partial charge in [-0.3, -0.25) is 0 Å². The van der Waals surface area contributed by atoms with E-state index in [-0.39, 0.29) is 12.6 Å². The van der Waals surface area contributed by atoms with E-state index in [9.17, 15) is 5.11 Å². The van der Waals surface area contributed by atoms with Crippen LogP contribution < -0.4 is 10.1 Å². The van der Waals surface area contributed by atoms with Gasteiger partial charge < -0.3 is 15.2 Å². The van der Waals surface area contributed by atoms with E-state index in [4.69, 9.17) is 4.74 Å². The Kier molecular flexibility index (Phi) is 4.11. The van der Waals surface area contributed by atoms with E-state index in [1.165, 1.54) is 24.0 Å². The first-order chi connectivity index (χ1) is 10.3. The SMILES string of the molecule is COc1ccccc1NC(CO)c1ccccc1C1CC1. The predicted molar refractivity (Wildman–Crippen MR) is 84.9 cm³/mol. The van der Waals surface area contributed by atoms with Crippen LogP contribution in [0.1, 0.15) is 35.9 Å². The second-order valence-corrected chi connectivity index (χ2v) is 5.48. The molecule has 1 saturated carbocycles. The van der Waals surface area contributed by atoms with E-state index >= 15 is 0 Å². The lowest BCUT2D eigenvalue weighted by Crippen LogP contribution is -2.17. The largest absolute Gasteiger partial charge is 0.495 e. The molecule has 1 fully saturated rings. The van der Waals surface area contributed by atoms with E-state index in [1.807, 2.05) is 30.3 Å². The van der Waals surface area contributed by atoms with Crippen molar-refractivity contribution in [1.82, 2.24) is 0 Å². The maximum Gasteiger partial charge on any atom is 0.141 e. The molecule has 2 aromatic rings. The Labute approximate surface area is 125 Å². The van der Waals surface area contributed by atoms with Crippen molar-refractivity contribution < 1.29 is 9.84 Å². The zero-order valence-electron chi connectivity index (χ0n) is 12.3. The maximum atomic E-state index is 9.83. The lowest BCUT2D eigenvalue weighted by atomic mass is 9.97. The minimum absolute atomic E-state index is 0.0573. The first kappa shape index (κ1) is 14.0. The van der Waals surface area contributed by atoms with Crippen LogP contribution in [0.5, 0.6) is 5.75 Å². The third-order valence-electron chi connectivity index (χ3n) is 4.01. The number of hydrogen-bond acceptors (Lipinski definition) is 3. The molecule has 3 heteroatoms. The van der Waals surface area contributed by atoms with Gasteiger partial charge in [0, 0.05) is 0 Å². The van der Waals surface area contributed by atoms with Crippen LogP contribution in [0.15, 0.2) is 48.5 Å². The Balaban J connectivity index is 1.88. The first-order valence-corrected chi connectivity index (χ1v) is 7.42. The van der Waals surface area contributed by atoms with E-state index in [0.717, 1.165) is 11.4 Å². The third kappa shape index (κ3) is 3.03. The fraction of sp³-hybridized carbons (Fsp3) is 0.333. The van der Waals surface area contributed by atoms with Crippen molar-refractivity contribution >= 4 is 5.69 Å². The second-order valence-electron chi connectivity index (χ2n) is 5.48. The number of nitrogens with one attached hydrogen (secondary N) is 1. The number of methoxy groups -OCH3 is 1. The molecular weight excluding hydrogens is 262 g/mol. The van der Waals surface area contributed by atoms with Gasteiger partial charge in [-0.1, -0.05) is 36.4 Å². The highest BCUT2D eigenvalue weighted by molar-refractivity contribution is 5.58. The summed E-state index contributed by atoms with van der Waals surface area (Å²) in [5.74, 6) is 1.45. The molecule has 1 atom stereocenters. The zero-order valence-corrected chi connectivity index (χ0v) is 12.3. The monoisotopic (exact) mass is 283 g/mol. The number of hydrogen-bond donors (Lipinski definition) is 2. The lowest BCUT2D eigenvalue weighted by molar-refractivity contribution is 0.275. The van der Waals surface area contributed by atoms with Gasteiger partial charge >= 0.3 is 0 Å². The number of ether oxygens (including phenoxy) is 1. The van der Waals surface area contributed by atoms with E-state index < -0.39 is 0 Å². The molecule has 1 aliphatic rings. The van der Waals surface area contributed by atoms with Gasteiger partial charge in [0.1, 0.15) is 5.75 Å². The highest BCUT2D eigenvalue weighted by Crippen LogP contribution is 2.43. The van der Waals surface area contributed by atoms with Crippen molar-refractivity contribution in [2.75, 3.05) is 19.0 Å². The molecule has 21 heavy (non-hydrogen) atoms. The summed E-state index contributed by atoms with van der Waals surface area (Å²) >= 11 is 0. The highest BCUT2D eigenvalue weighted by atomic mass is 16.5. The standard InChI is InChI=1S/C18H21NO2/c1-21-18-9-5-4-8-16(18)19-17(12-20)15-7-3-2-6-14(15)13-10-11-13/h2-9,13,17,19-20H,10-12H2,1H3. The first-order valence-electron chi connectivity index (χ1n) is 7.42. The van der Waals surface area contributed by atoms with E-state index in [1.54, 1.807) is 7.11 Å². The maximum absolute atomic E-state index is 9.83. The highest BCUT2D eigenvalue weighted by Gasteiger charge is 2.28. The Morgan fingerprint density at radius 1 is 1.14 bits per heavy atom. The van der Waals surface area contributed by atoms with Gasteiger partial charge in [-0.05, 0) is 42.0 Å². The van der Waals surface area contributed by atoms with Crippen molar-refractivity contribution in [3.63, 3.8) is 0 Å². The van der Waals surface area contributed by atoms with Crippen molar-refractivity contribution in [3.8, 4) is 5.75 Å². The fourth-order valence-corrected chi connectivity index (χ4v) is 2.77. The molecule has 2 aromatic carbocycles. The molecule has 1 unspecified atom stereocenters. The van der Waals surface area contributed by atoms with Crippen LogP contribution >= 0.6 is 0 Å². The number of aliphatic hydroxyl groups is 1. The van der Waals surface area contributed by atoms with E-state index in [0.29, 0.717) is 5.92 Å². The van der Waals surface area contributed by atoms with Gasteiger partial charge in [0.2, 0.25) is 0 Å². The molecular formula is C18H21NO2. The number of anilines is 1. The van der Waals surface area contributed by atoms with Crippen LogP contribution in [-0.4, -0.2) is 18.8 Å². The molecule has 0 aromatic heterocycles. The smallest absolute Gasteiger partial charge is 0.141 e. The van der Waals surface area contributed by atoms with Gasteiger partial charge in [0.15, 0.2) is 0 Å². The topological polar surface area (TPSA) is 41.5 Å². The molecule has 0 bridgehead atoms. The number of benzene rings is 2. The van der Waals surface area contributed by atoms with Crippen LogP contribution in [0.2, 0.25) is 0 Å². The Bertz CT molecular complexity index is 608. The molecule has 0 heterocycles. The summed E-state index contributed by atoms with van der Waals surface area (Å²) in [5.41, 5.74) is 3.46. The van der Waals surface area contributed by atoms with Crippen LogP contribution in [-0.2, 0) is 0 Å². The molecule has 1 aliphatic carbocycles. The predicted octanol–water partition coefficient (Wildman–Crippen LogP) is 3.72. The zero-order chi connectivity index (χ0) is 14.7. The van der Waals surface area contributed by atoms with Crippen LogP contribution in [0.25, 0.3) is 0 Å². The summed E-state index contributed by atoms with van der Waals surface area (Å²) in [6.07, 6.45) is 2.51. The van der Waals surface area contributed by atoms with Crippen LogP contribution in [0, 0.1) is 0 Å². The molecule has 3 rings (SSSR count). The molecule has 110 valence electrons. The molecule has 0 saturated heterocycles. The molecule has 0 amide bonds. The van der Waals surface area contributed by atoms with Gasteiger partial charge in [0.25, 0.3) is 0 Å². The fourth-order valence-electron chi connectivity index (χ4n) is 2.77. The van der Waals surface area contributed by atoms with Gasteiger partial charge in [-0.15, -0.1) is 0 Å². The Morgan fingerprint density at radius 2 is 1.86 bits per heavy atom. The van der Waals surface area contributed by atoms with Gasteiger partial charge in [-0.25, -0.2) is 0 Å². The number of aliphatic hydroxyl groups excluding tert-OH is 1. The second kappa shape index (κ2) is 6.19. The van der Waals surface area contributed by atoms with Crippen LogP contribution in [0.3, 0.4) is 0 Å². The summed E-state index contributed by atoms with van der Waals surface area (Å²) in [7, 11) is 1.66.